The molecule has 0 bridgehead atoms. The molecule has 2 atom stereocenters. The molecule has 2 aliphatic heterocycles. The van der Waals surface area contributed by atoms with E-state index in [1.807, 2.05) is 0 Å². The fourth-order valence-corrected chi connectivity index (χ4v) is 2.63. The lowest BCUT2D eigenvalue weighted by atomic mass is 9.93. The average Bonchev–Trinajstić information content (AvgIpc) is 2.29. The van der Waals surface area contributed by atoms with Crippen LogP contribution in [0.2, 0.25) is 0 Å². The smallest absolute Gasteiger partial charge is 0.239 e. The minimum atomic E-state index is 0.104. The van der Waals surface area contributed by atoms with Gasteiger partial charge in [0.25, 0.3) is 0 Å². The molecule has 0 aliphatic carbocycles. The van der Waals surface area contributed by atoms with E-state index in [2.05, 4.69) is 17.1 Å². The molecule has 0 aromatic heterocycles. The molecule has 0 radical (unpaired) electrons. The Hall–Kier alpha value is -0.570. The Kier molecular flexibility index (Phi) is 3.62. The molecule has 0 saturated carbocycles. The van der Waals surface area contributed by atoms with Crippen molar-refractivity contribution in [3.63, 3.8) is 0 Å². The van der Waals surface area contributed by atoms with Crippen LogP contribution < -0.4 is 5.32 Å². The van der Waals surface area contributed by atoms with Gasteiger partial charge in [0.15, 0.2) is 0 Å². The summed E-state index contributed by atoms with van der Waals surface area (Å²) in [7, 11) is 0. The molecule has 2 aliphatic rings. The third-order valence-electron chi connectivity index (χ3n) is 3.63. The predicted octanol–water partition coefficient (Wildman–Crippen LogP) is 1.39. The van der Waals surface area contributed by atoms with Gasteiger partial charge < -0.3 is 10.2 Å². The number of carbonyl (C=O) groups excluding carboxylic acids is 1. The van der Waals surface area contributed by atoms with E-state index >= 15 is 0 Å². The first-order chi connectivity index (χ1) is 7.27. The van der Waals surface area contributed by atoms with Crippen LogP contribution in [0, 0.1) is 5.92 Å². The molecular weight excluding hydrogens is 188 g/mol. The summed E-state index contributed by atoms with van der Waals surface area (Å²) in [5.41, 5.74) is 0. The van der Waals surface area contributed by atoms with Gasteiger partial charge in [-0.2, -0.15) is 0 Å². The highest BCUT2D eigenvalue weighted by Crippen LogP contribution is 2.18. The maximum Gasteiger partial charge on any atom is 0.239 e. The number of likely N-dealkylation sites (tertiary alicyclic amines) is 1. The van der Waals surface area contributed by atoms with Crippen molar-refractivity contribution >= 4 is 5.91 Å². The summed E-state index contributed by atoms with van der Waals surface area (Å²) in [6.07, 6.45) is 5.90. The summed E-state index contributed by atoms with van der Waals surface area (Å²) in [4.78, 5) is 14.2. The second-order valence-corrected chi connectivity index (χ2v) is 5.02. The summed E-state index contributed by atoms with van der Waals surface area (Å²) in [5, 5.41) is 3.36. The van der Waals surface area contributed by atoms with Gasteiger partial charge in [-0.25, -0.2) is 0 Å². The average molecular weight is 210 g/mol. The number of rotatable bonds is 1. The van der Waals surface area contributed by atoms with Gasteiger partial charge in [-0.05, 0) is 44.6 Å². The largest absolute Gasteiger partial charge is 0.341 e. The number of nitrogens with zero attached hydrogens (tertiary/aromatic N) is 1. The number of amides is 1. The number of hydrogen-bond acceptors (Lipinski definition) is 2. The highest BCUT2D eigenvalue weighted by molar-refractivity contribution is 5.82. The second kappa shape index (κ2) is 4.97. The normalized spacial score (nSPS) is 32.7. The van der Waals surface area contributed by atoms with Crippen LogP contribution in [0.5, 0.6) is 0 Å². The molecule has 86 valence electrons. The van der Waals surface area contributed by atoms with Crippen LogP contribution in [0.25, 0.3) is 0 Å². The molecule has 2 rings (SSSR count). The molecule has 15 heavy (non-hydrogen) atoms. The van der Waals surface area contributed by atoms with Gasteiger partial charge in [0.1, 0.15) is 0 Å². The Morgan fingerprint density at radius 3 is 2.67 bits per heavy atom. The van der Waals surface area contributed by atoms with Crippen molar-refractivity contribution in [2.45, 2.75) is 45.1 Å². The van der Waals surface area contributed by atoms with Crippen LogP contribution >= 0.6 is 0 Å². The summed E-state index contributed by atoms with van der Waals surface area (Å²) in [6.45, 7) is 5.21. The Morgan fingerprint density at radius 2 is 2.00 bits per heavy atom. The maximum atomic E-state index is 12.2. The zero-order chi connectivity index (χ0) is 10.7. The molecule has 0 aromatic rings. The maximum absolute atomic E-state index is 12.2. The first-order valence-electron chi connectivity index (χ1n) is 6.29. The Labute approximate surface area is 92.2 Å². The van der Waals surface area contributed by atoms with Crippen LogP contribution in [0.3, 0.4) is 0 Å². The van der Waals surface area contributed by atoms with E-state index < -0.39 is 0 Å². The van der Waals surface area contributed by atoms with Crippen molar-refractivity contribution < 1.29 is 4.79 Å². The SMILES string of the molecule is CC1CCNC(C(=O)N2CCCCC2)C1. The zero-order valence-electron chi connectivity index (χ0n) is 9.67. The van der Waals surface area contributed by atoms with Crippen LogP contribution in [0.4, 0.5) is 0 Å². The standard InChI is InChI=1S/C12H22N2O/c1-10-5-6-13-11(9-10)12(15)14-7-3-2-4-8-14/h10-11,13H,2-9H2,1H3. The van der Waals surface area contributed by atoms with Crippen molar-refractivity contribution in [1.29, 1.82) is 0 Å². The van der Waals surface area contributed by atoms with E-state index in [9.17, 15) is 4.79 Å². The molecule has 2 fully saturated rings. The van der Waals surface area contributed by atoms with E-state index in [-0.39, 0.29) is 6.04 Å². The van der Waals surface area contributed by atoms with E-state index in [1.54, 1.807) is 0 Å². The van der Waals surface area contributed by atoms with Gasteiger partial charge in [-0.3, -0.25) is 4.79 Å². The van der Waals surface area contributed by atoms with E-state index in [4.69, 9.17) is 0 Å². The number of piperidine rings is 2. The monoisotopic (exact) mass is 210 g/mol. The molecule has 3 heteroatoms. The van der Waals surface area contributed by atoms with Crippen LogP contribution in [-0.4, -0.2) is 36.5 Å². The minimum absolute atomic E-state index is 0.104. The molecule has 0 spiro atoms. The first-order valence-corrected chi connectivity index (χ1v) is 6.29. The molecule has 2 heterocycles. The molecule has 2 saturated heterocycles. The number of nitrogens with one attached hydrogen (secondary N) is 1. The lowest BCUT2D eigenvalue weighted by Gasteiger charge is -2.34. The summed E-state index contributed by atoms with van der Waals surface area (Å²) in [5.74, 6) is 1.05. The molecule has 3 nitrogen and oxygen atoms in total. The van der Waals surface area contributed by atoms with E-state index in [1.165, 1.54) is 25.7 Å². The summed E-state index contributed by atoms with van der Waals surface area (Å²) >= 11 is 0. The van der Waals surface area contributed by atoms with E-state index in [0.29, 0.717) is 11.8 Å². The summed E-state index contributed by atoms with van der Waals surface area (Å²) in [6, 6.07) is 0.104. The minimum Gasteiger partial charge on any atom is -0.341 e. The molecule has 1 amide bonds. The fraction of sp³-hybridized carbons (Fsp3) is 0.917. The second-order valence-electron chi connectivity index (χ2n) is 5.02. The third-order valence-corrected chi connectivity index (χ3v) is 3.63. The zero-order valence-corrected chi connectivity index (χ0v) is 9.67. The Bertz CT molecular complexity index is 224. The van der Waals surface area contributed by atoms with Gasteiger partial charge >= 0.3 is 0 Å². The molecule has 2 unspecified atom stereocenters. The molecular formula is C12H22N2O. The van der Waals surface area contributed by atoms with Gasteiger partial charge in [0.2, 0.25) is 5.91 Å². The van der Waals surface area contributed by atoms with Crippen molar-refractivity contribution in [3.05, 3.63) is 0 Å². The molecule has 0 aromatic carbocycles. The third kappa shape index (κ3) is 2.71. The first kappa shape index (κ1) is 10.9. The molecule has 1 N–H and O–H groups in total. The quantitative estimate of drug-likeness (QED) is 0.709. The van der Waals surface area contributed by atoms with Crippen LogP contribution in [-0.2, 0) is 4.79 Å². The van der Waals surface area contributed by atoms with Crippen molar-refractivity contribution in [1.82, 2.24) is 10.2 Å². The van der Waals surface area contributed by atoms with Gasteiger partial charge in [0.05, 0.1) is 6.04 Å². The van der Waals surface area contributed by atoms with Crippen LogP contribution in [0.15, 0.2) is 0 Å². The lowest BCUT2D eigenvalue weighted by molar-refractivity contribution is -0.135. The highest BCUT2D eigenvalue weighted by atomic mass is 16.2. The highest BCUT2D eigenvalue weighted by Gasteiger charge is 2.28. The van der Waals surface area contributed by atoms with E-state index in [0.717, 1.165) is 26.1 Å². The number of hydrogen-bond donors (Lipinski definition) is 1. The van der Waals surface area contributed by atoms with Crippen molar-refractivity contribution in [3.8, 4) is 0 Å². The van der Waals surface area contributed by atoms with Crippen molar-refractivity contribution in [2.24, 2.45) is 5.92 Å². The fourth-order valence-electron chi connectivity index (χ4n) is 2.63. The van der Waals surface area contributed by atoms with Crippen molar-refractivity contribution in [2.75, 3.05) is 19.6 Å². The Morgan fingerprint density at radius 1 is 1.27 bits per heavy atom. The van der Waals surface area contributed by atoms with Gasteiger partial charge in [-0.15, -0.1) is 0 Å². The topological polar surface area (TPSA) is 32.3 Å². The number of carbonyl (C=O) groups is 1. The van der Waals surface area contributed by atoms with Gasteiger partial charge in [0, 0.05) is 13.1 Å². The van der Waals surface area contributed by atoms with Gasteiger partial charge in [-0.1, -0.05) is 6.92 Å². The lowest BCUT2D eigenvalue weighted by Crippen LogP contribution is -2.51. The Balaban J connectivity index is 1.88. The van der Waals surface area contributed by atoms with Crippen LogP contribution in [0.1, 0.15) is 39.0 Å². The predicted molar refractivity (Wildman–Crippen MR) is 60.6 cm³/mol. The summed E-state index contributed by atoms with van der Waals surface area (Å²) < 4.78 is 0.